The molecule has 4 heteroatoms. The standard InChI is InChI=1S/C44H86O4/c1-3-5-7-9-11-13-15-17-18-19-20-21-22-23-24-25-26-27-29-31-33-35-37-39-44(46)48-43(41-45)42-47-40-38-36-34-32-30-28-16-14-12-10-8-6-4-2/h19-20,43,45H,3-18,21-42H2,1-2H3/b20-19-. The van der Waals surface area contributed by atoms with E-state index in [9.17, 15) is 9.90 Å². The Hall–Kier alpha value is -0.870. The molecule has 0 aromatic rings. The van der Waals surface area contributed by atoms with Crippen molar-refractivity contribution in [1.29, 1.82) is 0 Å². The van der Waals surface area contributed by atoms with Gasteiger partial charge < -0.3 is 14.6 Å². The van der Waals surface area contributed by atoms with Crippen LogP contribution in [0.5, 0.6) is 0 Å². The van der Waals surface area contributed by atoms with E-state index in [1.807, 2.05) is 0 Å². The first kappa shape index (κ1) is 47.1. The monoisotopic (exact) mass is 679 g/mol. The Morgan fingerprint density at radius 1 is 0.479 bits per heavy atom. The molecular weight excluding hydrogens is 592 g/mol. The summed E-state index contributed by atoms with van der Waals surface area (Å²) in [5, 5.41) is 9.59. The highest BCUT2D eigenvalue weighted by Crippen LogP contribution is 2.15. The molecule has 0 aromatic carbocycles. The van der Waals surface area contributed by atoms with Crippen LogP contribution in [0, 0.1) is 0 Å². The molecule has 0 amide bonds. The number of carbonyl (C=O) groups is 1. The fourth-order valence-corrected chi connectivity index (χ4v) is 6.56. The molecule has 0 bridgehead atoms. The third-order valence-corrected chi connectivity index (χ3v) is 9.84. The zero-order valence-electron chi connectivity index (χ0n) is 32.8. The summed E-state index contributed by atoms with van der Waals surface area (Å²) in [5.41, 5.74) is 0. The van der Waals surface area contributed by atoms with E-state index in [1.165, 1.54) is 199 Å². The molecule has 0 aliphatic heterocycles. The maximum atomic E-state index is 12.2. The van der Waals surface area contributed by atoms with E-state index in [4.69, 9.17) is 9.47 Å². The lowest BCUT2D eigenvalue weighted by Gasteiger charge is -2.16. The summed E-state index contributed by atoms with van der Waals surface area (Å²) in [5.74, 6) is -0.197. The molecule has 4 nitrogen and oxygen atoms in total. The van der Waals surface area contributed by atoms with Gasteiger partial charge in [0, 0.05) is 13.0 Å². The normalized spacial score (nSPS) is 12.3. The van der Waals surface area contributed by atoms with Gasteiger partial charge in [-0.15, -0.1) is 0 Å². The number of aliphatic hydroxyl groups is 1. The lowest BCUT2D eigenvalue weighted by atomic mass is 10.0. The molecule has 0 saturated carbocycles. The third-order valence-electron chi connectivity index (χ3n) is 9.84. The molecule has 48 heavy (non-hydrogen) atoms. The largest absolute Gasteiger partial charge is 0.457 e. The predicted molar refractivity (Wildman–Crippen MR) is 210 cm³/mol. The van der Waals surface area contributed by atoms with Gasteiger partial charge >= 0.3 is 5.97 Å². The van der Waals surface area contributed by atoms with Crippen LogP contribution >= 0.6 is 0 Å². The highest BCUT2D eigenvalue weighted by Gasteiger charge is 2.13. The molecule has 0 spiro atoms. The summed E-state index contributed by atoms with van der Waals surface area (Å²) in [6.07, 6.45) is 49.9. The number of ether oxygens (including phenoxy) is 2. The van der Waals surface area contributed by atoms with Crippen molar-refractivity contribution >= 4 is 5.97 Å². The van der Waals surface area contributed by atoms with Crippen molar-refractivity contribution in [1.82, 2.24) is 0 Å². The molecule has 0 saturated heterocycles. The maximum Gasteiger partial charge on any atom is 0.306 e. The number of carbonyl (C=O) groups excluding carboxylic acids is 1. The second-order valence-corrected chi connectivity index (χ2v) is 14.8. The highest BCUT2D eigenvalue weighted by atomic mass is 16.6. The number of hydrogen-bond donors (Lipinski definition) is 1. The average molecular weight is 679 g/mol. The van der Waals surface area contributed by atoms with Gasteiger partial charge in [-0.25, -0.2) is 0 Å². The minimum atomic E-state index is -0.527. The Labute approximate surface area is 301 Å². The average Bonchev–Trinajstić information content (AvgIpc) is 3.09. The maximum absolute atomic E-state index is 12.2. The summed E-state index contributed by atoms with van der Waals surface area (Å²) in [6.45, 7) is 5.39. The number of allylic oxidation sites excluding steroid dienone is 2. The number of unbranched alkanes of at least 4 members (excludes halogenated alkanes) is 31. The summed E-state index contributed by atoms with van der Waals surface area (Å²) in [7, 11) is 0. The Morgan fingerprint density at radius 3 is 1.19 bits per heavy atom. The van der Waals surface area contributed by atoms with E-state index in [2.05, 4.69) is 26.0 Å². The lowest BCUT2D eigenvalue weighted by Crippen LogP contribution is -2.27. The summed E-state index contributed by atoms with van der Waals surface area (Å²) in [6, 6.07) is 0. The molecule has 286 valence electrons. The van der Waals surface area contributed by atoms with Crippen LogP contribution in [0.4, 0.5) is 0 Å². The molecule has 0 radical (unpaired) electrons. The van der Waals surface area contributed by atoms with Crippen molar-refractivity contribution in [3.05, 3.63) is 12.2 Å². The van der Waals surface area contributed by atoms with E-state index in [1.54, 1.807) is 0 Å². The molecule has 0 aliphatic rings. The van der Waals surface area contributed by atoms with Gasteiger partial charge in [0.1, 0.15) is 6.10 Å². The topological polar surface area (TPSA) is 55.8 Å². The van der Waals surface area contributed by atoms with Gasteiger partial charge in [0.05, 0.1) is 13.2 Å². The zero-order chi connectivity index (χ0) is 34.9. The van der Waals surface area contributed by atoms with E-state index in [0.29, 0.717) is 19.6 Å². The minimum absolute atomic E-state index is 0.166. The van der Waals surface area contributed by atoms with E-state index in [0.717, 1.165) is 19.3 Å². The van der Waals surface area contributed by atoms with E-state index in [-0.39, 0.29) is 12.6 Å². The van der Waals surface area contributed by atoms with Crippen LogP contribution in [0.3, 0.4) is 0 Å². The second kappa shape index (κ2) is 42.3. The molecular formula is C44H86O4. The number of rotatable bonds is 41. The van der Waals surface area contributed by atoms with Gasteiger partial charge in [0.25, 0.3) is 0 Å². The molecule has 1 unspecified atom stereocenters. The summed E-state index contributed by atoms with van der Waals surface area (Å²) >= 11 is 0. The third kappa shape index (κ3) is 39.6. The highest BCUT2D eigenvalue weighted by molar-refractivity contribution is 5.69. The lowest BCUT2D eigenvalue weighted by molar-refractivity contribution is -0.154. The first-order valence-electron chi connectivity index (χ1n) is 21.8. The van der Waals surface area contributed by atoms with Gasteiger partial charge in [-0.05, 0) is 38.5 Å². The van der Waals surface area contributed by atoms with Crippen LogP contribution in [-0.4, -0.2) is 37.0 Å². The van der Waals surface area contributed by atoms with Gasteiger partial charge in [-0.3, -0.25) is 4.79 Å². The van der Waals surface area contributed by atoms with Gasteiger partial charge in [0.2, 0.25) is 0 Å². The van der Waals surface area contributed by atoms with Crippen LogP contribution in [0.1, 0.15) is 239 Å². The zero-order valence-corrected chi connectivity index (χ0v) is 32.8. The number of aliphatic hydroxyl groups excluding tert-OH is 1. The molecule has 0 aromatic heterocycles. The Morgan fingerprint density at radius 2 is 0.812 bits per heavy atom. The first-order valence-corrected chi connectivity index (χ1v) is 21.8. The van der Waals surface area contributed by atoms with Crippen LogP contribution < -0.4 is 0 Å². The van der Waals surface area contributed by atoms with Crippen LogP contribution in [-0.2, 0) is 14.3 Å². The Balaban J connectivity index is 3.37. The molecule has 1 N–H and O–H groups in total. The van der Waals surface area contributed by atoms with Crippen molar-refractivity contribution < 1.29 is 19.4 Å². The van der Waals surface area contributed by atoms with E-state index < -0.39 is 6.10 Å². The predicted octanol–water partition coefficient (Wildman–Crippen LogP) is 14.2. The molecule has 0 aliphatic carbocycles. The number of esters is 1. The van der Waals surface area contributed by atoms with Crippen LogP contribution in [0.2, 0.25) is 0 Å². The first-order chi connectivity index (χ1) is 23.7. The van der Waals surface area contributed by atoms with Crippen molar-refractivity contribution in [3.8, 4) is 0 Å². The van der Waals surface area contributed by atoms with Gasteiger partial charge in [-0.1, -0.05) is 206 Å². The fourth-order valence-electron chi connectivity index (χ4n) is 6.56. The second-order valence-electron chi connectivity index (χ2n) is 14.8. The smallest absolute Gasteiger partial charge is 0.306 e. The SMILES string of the molecule is CCCCCCCCCC/C=C\CCCCCCCCCCCCCC(=O)OC(CO)COCCCCCCCCCCCCCCC. The minimum Gasteiger partial charge on any atom is -0.457 e. The fraction of sp³-hybridized carbons (Fsp3) is 0.932. The Bertz CT molecular complexity index is 633. The van der Waals surface area contributed by atoms with Crippen molar-refractivity contribution in [3.63, 3.8) is 0 Å². The number of hydrogen-bond acceptors (Lipinski definition) is 4. The molecule has 1 atom stereocenters. The quantitative estimate of drug-likeness (QED) is 0.0397. The summed E-state index contributed by atoms with van der Waals surface area (Å²) < 4.78 is 11.2. The van der Waals surface area contributed by atoms with Crippen molar-refractivity contribution in [2.75, 3.05) is 19.8 Å². The van der Waals surface area contributed by atoms with Crippen molar-refractivity contribution in [2.45, 2.75) is 245 Å². The summed E-state index contributed by atoms with van der Waals surface area (Å²) in [4.78, 5) is 12.2. The van der Waals surface area contributed by atoms with Crippen LogP contribution in [0.15, 0.2) is 12.2 Å². The molecule has 0 heterocycles. The van der Waals surface area contributed by atoms with E-state index >= 15 is 0 Å². The molecule has 0 fully saturated rings. The van der Waals surface area contributed by atoms with Gasteiger partial charge in [-0.2, -0.15) is 0 Å². The van der Waals surface area contributed by atoms with Crippen molar-refractivity contribution in [2.24, 2.45) is 0 Å². The Kier molecular flexibility index (Phi) is 41.5. The van der Waals surface area contributed by atoms with Crippen LogP contribution in [0.25, 0.3) is 0 Å². The van der Waals surface area contributed by atoms with Gasteiger partial charge in [0.15, 0.2) is 0 Å². The molecule has 0 rings (SSSR count).